The maximum atomic E-state index is 14.0. The van der Waals surface area contributed by atoms with E-state index in [0.717, 1.165) is 30.2 Å². The van der Waals surface area contributed by atoms with Crippen LogP contribution < -0.4 is 4.90 Å². The van der Waals surface area contributed by atoms with E-state index in [9.17, 15) is 9.18 Å². The van der Waals surface area contributed by atoms with E-state index in [1.54, 1.807) is 18.5 Å². The van der Waals surface area contributed by atoms with Crippen LogP contribution in [0, 0.1) is 19.7 Å². The molecular weight excluding hydrogens is 395 g/mol. The van der Waals surface area contributed by atoms with E-state index in [2.05, 4.69) is 24.8 Å². The number of rotatable bonds is 3. The molecule has 1 amide bonds. The fraction of sp³-hybridized carbons (Fsp3) is 0.348. The molecule has 0 saturated carbocycles. The van der Waals surface area contributed by atoms with Crippen molar-refractivity contribution in [2.24, 2.45) is 0 Å². The molecule has 0 radical (unpaired) electrons. The van der Waals surface area contributed by atoms with Crippen LogP contribution in [0.1, 0.15) is 34.6 Å². The van der Waals surface area contributed by atoms with Crippen molar-refractivity contribution >= 4 is 11.9 Å². The Morgan fingerprint density at radius 2 is 1.65 bits per heavy atom. The third-order valence-corrected chi connectivity index (χ3v) is 5.99. The van der Waals surface area contributed by atoms with E-state index in [4.69, 9.17) is 0 Å². The van der Waals surface area contributed by atoms with Crippen molar-refractivity contribution in [3.63, 3.8) is 0 Å². The van der Waals surface area contributed by atoms with Crippen LogP contribution >= 0.6 is 0 Å². The van der Waals surface area contributed by atoms with Gasteiger partial charge in [-0.3, -0.25) is 4.79 Å². The highest BCUT2D eigenvalue weighted by atomic mass is 19.1. The zero-order valence-corrected chi connectivity index (χ0v) is 17.5. The summed E-state index contributed by atoms with van der Waals surface area (Å²) in [5, 5.41) is 0. The fourth-order valence-electron chi connectivity index (χ4n) is 4.71. The number of hydrogen-bond donors (Lipinski definition) is 0. The van der Waals surface area contributed by atoms with E-state index < -0.39 is 5.82 Å². The Morgan fingerprint density at radius 3 is 2.29 bits per heavy atom. The topological polar surface area (TPSA) is 75.1 Å². The predicted octanol–water partition coefficient (Wildman–Crippen LogP) is 3.18. The molecule has 2 atom stereocenters. The molecule has 3 aromatic rings. The Morgan fingerprint density at radius 1 is 1.00 bits per heavy atom. The van der Waals surface area contributed by atoms with Crippen LogP contribution in [-0.2, 0) is 0 Å². The number of amides is 1. The lowest BCUT2D eigenvalue weighted by atomic mass is 10.0. The second-order valence-corrected chi connectivity index (χ2v) is 8.22. The molecule has 4 heterocycles. The molecule has 2 aromatic heterocycles. The summed E-state index contributed by atoms with van der Waals surface area (Å²) in [6.45, 7) is 5.11. The third-order valence-electron chi connectivity index (χ3n) is 5.99. The van der Waals surface area contributed by atoms with Gasteiger partial charge in [0.1, 0.15) is 5.82 Å². The Kier molecular flexibility index (Phi) is 4.84. The van der Waals surface area contributed by atoms with Crippen molar-refractivity contribution in [1.29, 1.82) is 0 Å². The molecule has 0 spiro atoms. The summed E-state index contributed by atoms with van der Waals surface area (Å²) in [4.78, 5) is 35.3. The monoisotopic (exact) mass is 418 g/mol. The van der Waals surface area contributed by atoms with Gasteiger partial charge in [0.25, 0.3) is 5.91 Å². The molecule has 2 unspecified atom stereocenters. The summed E-state index contributed by atoms with van der Waals surface area (Å²) in [6.07, 6.45) is 5.15. The fourth-order valence-corrected chi connectivity index (χ4v) is 4.71. The average Bonchev–Trinajstić information content (AvgIpc) is 3.02. The summed E-state index contributed by atoms with van der Waals surface area (Å²) < 4.78 is 14.0. The summed E-state index contributed by atoms with van der Waals surface area (Å²) in [6, 6.07) is 8.17. The highest BCUT2D eigenvalue weighted by molar-refractivity contribution is 6.00. The van der Waals surface area contributed by atoms with Gasteiger partial charge >= 0.3 is 0 Å². The molecule has 0 aliphatic carbocycles. The quantitative estimate of drug-likeness (QED) is 0.650. The smallest absolute Gasteiger partial charge is 0.254 e. The molecule has 2 aliphatic rings. The molecular formula is C23H23FN6O. The maximum Gasteiger partial charge on any atom is 0.254 e. The van der Waals surface area contributed by atoms with Gasteiger partial charge in [-0.15, -0.1) is 0 Å². The summed E-state index contributed by atoms with van der Waals surface area (Å²) >= 11 is 0. The number of halogens is 1. The molecule has 7 nitrogen and oxygen atoms in total. The number of carbonyl (C=O) groups excluding carboxylic acids is 1. The number of carbonyl (C=O) groups is 1. The zero-order valence-electron chi connectivity index (χ0n) is 17.5. The van der Waals surface area contributed by atoms with Crippen molar-refractivity contribution in [2.75, 3.05) is 18.0 Å². The predicted molar refractivity (Wildman–Crippen MR) is 114 cm³/mol. The van der Waals surface area contributed by atoms with E-state index in [-0.39, 0.29) is 18.0 Å². The normalized spacial score (nSPS) is 20.2. The van der Waals surface area contributed by atoms with Crippen LogP contribution in [-0.4, -0.2) is 55.9 Å². The molecule has 5 rings (SSSR count). The standard InChI is InChI=1S/C23H23FN6O/c1-14-10-15(2)28-23(27-14)30-17-5-6-18(30)13-29(12-17)22(31)19-7-4-16(24)11-20(19)21-25-8-3-9-26-21/h3-4,7-11,17-18H,5-6,12-13H2,1-2H3. The minimum Gasteiger partial charge on any atom is -0.334 e. The number of fused-ring (bicyclic) bond motifs is 2. The molecule has 8 heteroatoms. The third kappa shape index (κ3) is 3.62. The Labute approximate surface area is 180 Å². The first-order valence-electron chi connectivity index (χ1n) is 10.5. The molecule has 2 saturated heterocycles. The van der Waals surface area contributed by atoms with Gasteiger partial charge in [0, 0.05) is 54.5 Å². The number of anilines is 1. The first kappa shape index (κ1) is 19.5. The first-order chi connectivity index (χ1) is 15.0. The molecule has 2 fully saturated rings. The van der Waals surface area contributed by atoms with Gasteiger partial charge in [-0.2, -0.15) is 0 Å². The van der Waals surface area contributed by atoms with Gasteiger partial charge in [-0.25, -0.2) is 24.3 Å². The van der Waals surface area contributed by atoms with Crippen LogP contribution in [0.4, 0.5) is 10.3 Å². The molecule has 158 valence electrons. The molecule has 0 N–H and O–H groups in total. The van der Waals surface area contributed by atoms with Crippen LogP contribution in [0.15, 0.2) is 42.7 Å². The Balaban J connectivity index is 1.43. The number of nitrogens with zero attached hydrogens (tertiary/aromatic N) is 6. The van der Waals surface area contributed by atoms with Crippen LogP contribution in [0.3, 0.4) is 0 Å². The van der Waals surface area contributed by atoms with E-state index in [0.29, 0.717) is 30.0 Å². The lowest BCUT2D eigenvalue weighted by Gasteiger charge is -2.41. The maximum absolute atomic E-state index is 14.0. The van der Waals surface area contributed by atoms with Gasteiger partial charge < -0.3 is 9.80 Å². The number of aryl methyl sites for hydroxylation is 2. The van der Waals surface area contributed by atoms with Gasteiger partial charge in [0.05, 0.1) is 5.56 Å². The molecule has 2 aliphatic heterocycles. The number of piperazine rings is 1. The second-order valence-electron chi connectivity index (χ2n) is 8.22. The lowest BCUT2D eigenvalue weighted by molar-refractivity contribution is 0.0717. The van der Waals surface area contributed by atoms with Crippen molar-refractivity contribution < 1.29 is 9.18 Å². The Bertz CT molecular complexity index is 1100. The minimum absolute atomic E-state index is 0.125. The summed E-state index contributed by atoms with van der Waals surface area (Å²) in [7, 11) is 0. The van der Waals surface area contributed by atoms with Gasteiger partial charge in [-0.05, 0) is 57.0 Å². The first-order valence-corrected chi connectivity index (χ1v) is 10.5. The van der Waals surface area contributed by atoms with Crippen molar-refractivity contribution in [1.82, 2.24) is 24.8 Å². The second kappa shape index (κ2) is 7.68. The average molecular weight is 418 g/mol. The molecule has 1 aromatic carbocycles. The van der Waals surface area contributed by atoms with Crippen LogP contribution in [0.5, 0.6) is 0 Å². The SMILES string of the molecule is Cc1cc(C)nc(N2C3CCC2CN(C(=O)c2ccc(F)cc2-c2ncccn2)C3)n1. The lowest BCUT2D eigenvalue weighted by Crippen LogP contribution is -2.56. The van der Waals surface area contributed by atoms with Crippen LogP contribution in [0.2, 0.25) is 0 Å². The number of hydrogen-bond acceptors (Lipinski definition) is 6. The summed E-state index contributed by atoms with van der Waals surface area (Å²) in [5.74, 6) is 0.545. The van der Waals surface area contributed by atoms with Crippen molar-refractivity contribution in [2.45, 2.75) is 38.8 Å². The van der Waals surface area contributed by atoms with Crippen LogP contribution in [0.25, 0.3) is 11.4 Å². The number of likely N-dealkylation sites (tertiary alicyclic amines) is 1. The van der Waals surface area contributed by atoms with E-state index >= 15 is 0 Å². The highest BCUT2D eigenvalue weighted by Gasteiger charge is 2.43. The van der Waals surface area contributed by atoms with Gasteiger partial charge in [0.2, 0.25) is 5.95 Å². The van der Waals surface area contributed by atoms with Crippen molar-refractivity contribution in [3.05, 3.63) is 65.5 Å². The molecule has 31 heavy (non-hydrogen) atoms. The number of benzene rings is 1. The largest absolute Gasteiger partial charge is 0.334 e. The minimum atomic E-state index is -0.421. The van der Waals surface area contributed by atoms with Crippen molar-refractivity contribution in [3.8, 4) is 11.4 Å². The van der Waals surface area contributed by atoms with Gasteiger partial charge in [0.15, 0.2) is 5.82 Å². The summed E-state index contributed by atoms with van der Waals surface area (Å²) in [5.41, 5.74) is 2.72. The number of aromatic nitrogens is 4. The highest BCUT2D eigenvalue weighted by Crippen LogP contribution is 2.34. The molecule has 2 bridgehead atoms. The van der Waals surface area contributed by atoms with E-state index in [1.165, 1.54) is 18.2 Å². The van der Waals surface area contributed by atoms with Gasteiger partial charge in [-0.1, -0.05) is 0 Å². The Hall–Kier alpha value is -3.42. The van der Waals surface area contributed by atoms with E-state index in [1.807, 2.05) is 24.8 Å². The zero-order chi connectivity index (χ0) is 21.5.